The smallest absolute Gasteiger partial charge is 0.191 e. The van der Waals surface area contributed by atoms with Crippen LogP contribution in [0.5, 0.6) is 5.75 Å². The van der Waals surface area contributed by atoms with Crippen molar-refractivity contribution in [2.75, 3.05) is 12.4 Å². The Kier molecular flexibility index (Phi) is 5.88. The van der Waals surface area contributed by atoms with E-state index >= 15 is 0 Å². The summed E-state index contributed by atoms with van der Waals surface area (Å²) >= 11 is 3.27. The number of ketones is 1. The lowest BCUT2D eigenvalue weighted by atomic mass is 10.1. The predicted molar refractivity (Wildman–Crippen MR) is 102 cm³/mol. The molecular formula is C18H19N3O2S2. The molecule has 7 heteroatoms. The van der Waals surface area contributed by atoms with E-state index in [1.54, 1.807) is 36.1 Å². The zero-order valence-electron chi connectivity index (χ0n) is 14.1. The summed E-state index contributed by atoms with van der Waals surface area (Å²) in [4.78, 5) is 12.7. The van der Waals surface area contributed by atoms with E-state index in [4.69, 9.17) is 4.74 Å². The molecule has 0 radical (unpaired) electrons. The molecule has 2 heterocycles. The zero-order chi connectivity index (χ0) is 17.6. The molecule has 0 amide bonds. The van der Waals surface area contributed by atoms with Crippen LogP contribution in [0.15, 0.2) is 46.9 Å². The first kappa shape index (κ1) is 17.7. The predicted octanol–water partition coefficient (Wildman–Crippen LogP) is 4.40. The quantitative estimate of drug-likeness (QED) is 0.333. The topological polar surface area (TPSA) is 57.0 Å². The molecule has 0 aliphatic carbocycles. The van der Waals surface area contributed by atoms with Crippen molar-refractivity contribution in [1.82, 2.24) is 14.8 Å². The lowest BCUT2D eigenvalue weighted by molar-refractivity contribution is 0.101. The van der Waals surface area contributed by atoms with E-state index in [2.05, 4.69) is 27.8 Å². The van der Waals surface area contributed by atoms with Gasteiger partial charge in [-0.15, -0.1) is 21.5 Å². The summed E-state index contributed by atoms with van der Waals surface area (Å²) in [5.74, 6) is 2.28. The third-order valence-corrected chi connectivity index (χ3v) is 5.41. The van der Waals surface area contributed by atoms with E-state index in [9.17, 15) is 4.79 Å². The Hall–Kier alpha value is -2.12. The fraction of sp³-hybridized carbons (Fsp3) is 0.278. The maximum atomic E-state index is 11.6. The van der Waals surface area contributed by atoms with Gasteiger partial charge in [0.25, 0.3) is 0 Å². The van der Waals surface area contributed by atoms with Crippen LogP contribution >= 0.6 is 23.1 Å². The Bertz CT molecular complexity index is 844. The molecule has 0 spiro atoms. The fourth-order valence-electron chi connectivity index (χ4n) is 2.44. The molecule has 0 atom stereocenters. The Morgan fingerprint density at radius 3 is 2.80 bits per heavy atom. The molecule has 0 saturated heterocycles. The first-order chi connectivity index (χ1) is 12.2. The van der Waals surface area contributed by atoms with Gasteiger partial charge in [-0.2, -0.15) is 0 Å². The van der Waals surface area contributed by atoms with E-state index in [-0.39, 0.29) is 5.78 Å². The van der Waals surface area contributed by atoms with Crippen LogP contribution in [0.2, 0.25) is 0 Å². The Morgan fingerprint density at radius 1 is 1.24 bits per heavy atom. The number of rotatable bonds is 8. The molecule has 0 saturated carbocycles. The summed E-state index contributed by atoms with van der Waals surface area (Å²) in [5.41, 5.74) is 0.615. The van der Waals surface area contributed by atoms with E-state index < -0.39 is 0 Å². The number of aromatic nitrogens is 3. The Morgan fingerprint density at radius 2 is 2.08 bits per heavy atom. The minimum Gasteiger partial charge on any atom is -0.492 e. The van der Waals surface area contributed by atoms with Crippen molar-refractivity contribution in [3.8, 4) is 16.5 Å². The van der Waals surface area contributed by atoms with Crippen LogP contribution in [0.25, 0.3) is 10.7 Å². The van der Waals surface area contributed by atoms with Crippen molar-refractivity contribution in [2.24, 2.45) is 0 Å². The molecule has 25 heavy (non-hydrogen) atoms. The number of para-hydroxylation sites is 1. The molecule has 130 valence electrons. The Balaban J connectivity index is 1.61. The van der Waals surface area contributed by atoms with Crippen molar-refractivity contribution in [3.63, 3.8) is 0 Å². The number of hydrogen-bond donors (Lipinski definition) is 0. The van der Waals surface area contributed by atoms with Crippen LogP contribution in [-0.2, 0) is 6.54 Å². The van der Waals surface area contributed by atoms with Gasteiger partial charge in [-0.05, 0) is 37.4 Å². The van der Waals surface area contributed by atoms with Gasteiger partial charge in [-0.1, -0.05) is 30.0 Å². The number of carbonyl (C=O) groups excluding carboxylic acids is 1. The molecule has 0 fully saturated rings. The van der Waals surface area contributed by atoms with Gasteiger partial charge in [0, 0.05) is 12.3 Å². The molecule has 1 aromatic carbocycles. The normalized spacial score (nSPS) is 10.8. The second-order valence-corrected chi connectivity index (χ2v) is 7.29. The molecule has 3 aromatic rings. The molecule has 0 aliphatic heterocycles. The van der Waals surface area contributed by atoms with Gasteiger partial charge in [0.1, 0.15) is 5.75 Å². The highest BCUT2D eigenvalue weighted by Crippen LogP contribution is 2.27. The molecule has 0 aliphatic rings. The van der Waals surface area contributed by atoms with Gasteiger partial charge >= 0.3 is 0 Å². The monoisotopic (exact) mass is 373 g/mol. The lowest BCUT2D eigenvalue weighted by Crippen LogP contribution is -2.06. The maximum absolute atomic E-state index is 11.6. The summed E-state index contributed by atoms with van der Waals surface area (Å²) in [6.45, 7) is 4.95. The Labute approximate surface area is 155 Å². The maximum Gasteiger partial charge on any atom is 0.191 e. The lowest BCUT2D eigenvalue weighted by Gasteiger charge is -2.10. The van der Waals surface area contributed by atoms with Crippen molar-refractivity contribution in [2.45, 2.75) is 25.5 Å². The number of thiophene rings is 1. The van der Waals surface area contributed by atoms with Crippen molar-refractivity contribution in [3.05, 3.63) is 47.3 Å². The van der Waals surface area contributed by atoms with E-state index in [1.807, 2.05) is 29.6 Å². The van der Waals surface area contributed by atoms with Gasteiger partial charge < -0.3 is 9.30 Å². The molecule has 3 rings (SSSR count). The molecule has 0 bridgehead atoms. The highest BCUT2D eigenvalue weighted by molar-refractivity contribution is 7.99. The highest BCUT2D eigenvalue weighted by Gasteiger charge is 2.14. The van der Waals surface area contributed by atoms with Gasteiger partial charge in [0.15, 0.2) is 16.8 Å². The van der Waals surface area contributed by atoms with Crippen LogP contribution in [0.3, 0.4) is 0 Å². The average Bonchev–Trinajstić information content (AvgIpc) is 3.27. The summed E-state index contributed by atoms with van der Waals surface area (Å²) < 4.78 is 7.89. The van der Waals surface area contributed by atoms with Gasteiger partial charge in [0.2, 0.25) is 0 Å². The number of thioether (sulfide) groups is 1. The minimum atomic E-state index is 0.00886. The van der Waals surface area contributed by atoms with Crippen molar-refractivity contribution in [1.29, 1.82) is 0 Å². The number of carbonyl (C=O) groups is 1. The largest absolute Gasteiger partial charge is 0.492 e. The van der Waals surface area contributed by atoms with Gasteiger partial charge in [-0.3, -0.25) is 4.79 Å². The standard InChI is InChI=1S/C18H19N3O2S2/c1-3-21-17(16-9-6-11-24-16)19-20-18(21)25-12-10-23-15-8-5-4-7-14(15)13(2)22/h4-9,11H,3,10,12H2,1-2H3. The van der Waals surface area contributed by atoms with Gasteiger partial charge in [-0.25, -0.2) is 0 Å². The summed E-state index contributed by atoms with van der Waals surface area (Å²) in [6, 6.07) is 11.4. The molecule has 5 nitrogen and oxygen atoms in total. The third kappa shape index (κ3) is 4.11. The van der Waals surface area contributed by atoms with Crippen LogP contribution < -0.4 is 4.74 Å². The highest BCUT2D eigenvalue weighted by atomic mass is 32.2. The van der Waals surface area contributed by atoms with Crippen LogP contribution in [0.1, 0.15) is 24.2 Å². The van der Waals surface area contributed by atoms with E-state index in [0.717, 1.165) is 28.2 Å². The molecule has 0 unspecified atom stereocenters. The van der Waals surface area contributed by atoms with Gasteiger partial charge in [0.05, 0.1) is 17.0 Å². The SMILES string of the molecule is CCn1c(SCCOc2ccccc2C(C)=O)nnc1-c1cccs1. The van der Waals surface area contributed by atoms with Crippen molar-refractivity contribution < 1.29 is 9.53 Å². The average molecular weight is 374 g/mol. The molecular weight excluding hydrogens is 354 g/mol. The number of hydrogen-bond acceptors (Lipinski definition) is 6. The first-order valence-electron chi connectivity index (χ1n) is 8.03. The second kappa shape index (κ2) is 8.31. The fourth-order valence-corrected chi connectivity index (χ4v) is 3.97. The summed E-state index contributed by atoms with van der Waals surface area (Å²) in [5, 5.41) is 11.5. The van der Waals surface area contributed by atoms with Crippen LogP contribution in [0.4, 0.5) is 0 Å². The van der Waals surface area contributed by atoms with Crippen LogP contribution in [-0.4, -0.2) is 32.9 Å². The second-order valence-electron chi connectivity index (χ2n) is 5.28. The molecule has 0 N–H and O–H groups in total. The van der Waals surface area contributed by atoms with Crippen LogP contribution in [0, 0.1) is 0 Å². The number of Topliss-reactive ketones (excluding diaryl/α,β-unsaturated/α-hetero) is 1. The first-order valence-corrected chi connectivity index (χ1v) is 9.90. The van der Waals surface area contributed by atoms with Crippen molar-refractivity contribution >= 4 is 28.9 Å². The van der Waals surface area contributed by atoms with E-state index in [1.165, 1.54) is 0 Å². The molecule has 2 aromatic heterocycles. The zero-order valence-corrected chi connectivity index (χ0v) is 15.8. The minimum absolute atomic E-state index is 0.00886. The number of nitrogens with zero attached hydrogens (tertiary/aromatic N) is 3. The number of ether oxygens (including phenoxy) is 1. The summed E-state index contributed by atoms with van der Waals surface area (Å²) in [6.07, 6.45) is 0. The number of benzene rings is 1. The third-order valence-electron chi connectivity index (χ3n) is 3.61. The summed E-state index contributed by atoms with van der Waals surface area (Å²) in [7, 11) is 0. The van der Waals surface area contributed by atoms with E-state index in [0.29, 0.717) is 17.9 Å².